The van der Waals surface area contributed by atoms with Crippen molar-refractivity contribution in [2.45, 2.75) is 12.6 Å². The number of anilines is 2. The van der Waals surface area contributed by atoms with Gasteiger partial charge in [-0.15, -0.1) is 11.3 Å². The number of thiophene rings is 1. The van der Waals surface area contributed by atoms with E-state index < -0.39 is 0 Å². The van der Waals surface area contributed by atoms with Crippen molar-refractivity contribution in [3.8, 4) is 0 Å². The molecule has 0 bridgehead atoms. The molecule has 0 aliphatic carbocycles. The van der Waals surface area contributed by atoms with Crippen molar-refractivity contribution >= 4 is 40.0 Å². The van der Waals surface area contributed by atoms with Crippen molar-refractivity contribution in [3.63, 3.8) is 0 Å². The Bertz CT molecular complexity index is 934. The normalized spacial score (nSPS) is 15.6. The second kappa shape index (κ2) is 7.11. The average molecular weight is 362 g/mol. The van der Waals surface area contributed by atoms with Crippen LogP contribution in [0, 0.1) is 0 Å². The number of nitrogens with one attached hydrogen (secondary N) is 1. The molecule has 1 amide bonds. The molecule has 0 fully saturated rings. The predicted octanol–water partition coefficient (Wildman–Crippen LogP) is 4.07. The van der Waals surface area contributed by atoms with Gasteiger partial charge in [-0.05, 0) is 41.3 Å². The fraction of sp³-hybridized carbons (Fsp3) is 0.100. The van der Waals surface area contributed by atoms with E-state index in [0.717, 1.165) is 27.5 Å². The summed E-state index contributed by atoms with van der Waals surface area (Å²) >= 11 is 1.58. The highest BCUT2D eigenvalue weighted by Crippen LogP contribution is 2.36. The second-order valence-corrected chi connectivity index (χ2v) is 6.93. The Morgan fingerprint density at radius 1 is 1.12 bits per heavy atom. The molecule has 1 aromatic heterocycles. The molecule has 26 heavy (non-hydrogen) atoms. The van der Waals surface area contributed by atoms with E-state index in [4.69, 9.17) is 5.73 Å². The zero-order chi connectivity index (χ0) is 17.9. The maximum Gasteiger partial charge on any atom is 0.228 e. The first-order chi connectivity index (χ1) is 12.7. The highest BCUT2D eigenvalue weighted by Gasteiger charge is 2.23. The van der Waals surface area contributed by atoms with Gasteiger partial charge in [0.05, 0.1) is 12.8 Å². The summed E-state index contributed by atoms with van der Waals surface area (Å²) in [5.74, 6) is -0.0388. The van der Waals surface area contributed by atoms with Gasteiger partial charge < -0.3 is 16.0 Å². The van der Waals surface area contributed by atoms with Crippen molar-refractivity contribution in [2.24, 2.45) is 10.7 Å². The van der Waals surface area contributed by atoms with Crippen LogP contribution in [-0.2, 0) is 11.2 Å². The first-order valence-corrected chi connectivity index (χ1v) is 9.18. The van der Waals surface area contributed by atoms with E-state index in [1.807, 2.05) is 70.9 Å². The molecular weight excluding hydrogens is 344 g/mol. The molecule has 6 heteroatoms. The molecule has 1 atom stereocenters. The Balaban J connectivity index is 1.43. The average Bonchev–Trinajstić information content (AvgIpc) is 3.13. The van der Waals surface area contributed by atoms with Crippen molar-refractivity contribution in [2.75, 3.05) is 10.2 Å². The summed E-state index contributed by atoms with van der Waals surface area (Å²) in [5, 5.41) is 5.88. The third-order valence-corrected chi connectivity index (χ3v) is 5.09. The number of benzene rings is 2. The highest BCUT2D eigenvalue weighted by atomic mass is 32.1. The van der Waals surface area contributed by atoms with E-state index in [-0.39, 0.29) is 12.1 Å². The number of rotatable bonds is 4. The zero-order valence-corrected chi connectivity index (χ0v) is 14.8. The van der Waals surface area contributed by atoms with Gasteiger partial charge in [0.25, 0.3) is 0 Å². The number of aliphatic imine (C=N–C) groups is 1. The summed E-state index contributed by atoms with van der Waals surface area (Å²) in [6.07, 6.45) is 1.85. The SMILES string of the molecule is NC1c2ccsc2N=CN1c1ccc(NC(=O)Cc2ccccc2)cc1. The van der Waals surface area contributed by atoms with Gasteiger partial charge in [-0.25, -0.2) is 4.99 Å². The molecule has 130 valence electrons. The number of fused-ring (bicyclic) bond motifs is 1. The minimum Gasteiger partial charge on any atom is -0.326 e. The van der Waals surface area contributed by atoms with Crippen molar-refractivity contribution in [3.05, 3.63) is 77.2 Å². The van der Waals surface area contributed by atoms with Gasteiger partial charge in [-0.2, -0.15) is 0 Å². The van der Waals surface area contributed by atoms with Gasteiger partial charge in [-0.3, -0.25) is 4.79 Å². The number of carbonyl (C=O) groups excluding carboxylic acids is 1. The molecule has 1 unspecified atom stereocenters. The Morgan fingerprint density at radius 2 is 1.88 bits per heavy atom. The van der Waals surface area contributed by atoms with Gasteiger partial charge >= 0.3 is 0 Å². The predicted molar refractivity (Wildman–Crippen MR) is 107 cm³/mol. The lowest BCUT2D eigenvalue weighted by Gasteiger charge is -2.29. The number of nitrogens with two attached hydrogens (primary N) is 1. The van der Waals surface area contributed by atoms with E-state index in [2.05, 4.69) is 10.3 Å². The minimum absolute atomic E-state index is 0.0388. The van der Waals surface area contributed by atoms with Crippen LogP contribution < -0.4 is 16.0 Å². The lowest BCUT2D eigenvalue weighted by molar-refractivity contribution is -0.115. The molecule has 4 rings (SSSR count). The summed E-state index contributed by atoms with van der Waals surface area (Å²) < 4.78 is 0. The van der Waals surface area contributed by atoms with Gasteiger partial charge in [-0.1, -0.05) is 30.3 Å². The molecule has 1 aliphatic rings. The van der Waals surface area contributed by atoms with E-state index in [9.17, 15) is 4.79 Å². The summed E-state index contributed by atoms with van der Waals surface area (Å²) in [5.41, 5.74) is 10.0. The second-order valence-electron chi connectivity index (χ2n) is 6.04. The van der Waals surface area contributed by atoms with E-state index >= 15 is 0 Å². The third kappa shape index (κ3) is 3.37. The number of hydrogen-bond acceptors (Lipinski definition) is 5. The standard InChI is InChI=1S/C20H18N4OS/c21-19-17-10-11-26-20(17)22-13-24(19)16-8-6-15(7-9-16)23-18(25)12-14-4-2-1-3-5-14/h1-11,13,19H,12,21H2,(H,23,25). The van der Waals surface area contributed by atoms with Crippen LogP contribution in [0.3, 0.4) is 0 Å². The quantitative estimate of drug-likeness (QED) is 0.735. The van der Waals surface area contributed by atoms with Crippen LogP contribution in [0.25, 0.3) is 0 Å². The molecule has 2 aromatic carbocycles. The smallest absolute Gasteiger partial charge is 0.228 e. The van der Waals surface area contributed by atoms with Crippen LogP contribution >= 0.6 is 11.3 Å². The number of carbonyl (C=O) groups is 1. The fourth-order valence-electron chi connectivity index (χ4n) is 2.91. The lowest BCUT2D eigenvalue weighted by Crippen LogP contribution is -2.35. The van der Waals surface area contributed by atoms with Gasteiger partial charge in [0.1, 0.15) is 11.2 Å². The fourth-order valence-corrected chi connectivity index (χ4v) is 3.68. The first-order valence-electron chi connectivity index (χ1n) is 8.30. The van der Waals surface area contributed by atoms with Gasteiger partial charge in [0.2, 0.25) is 5.91 Å². The molecule has 0 saturated heterocycles. The van der Waals surface area contributed by atoms with E-state index in [1.54, 1.807) is 17.7 Å². The molecule has 0 saturated carbocycles. The lowest BCUT2D eigenvalue weighted by atomic mass is 10.1. The molecule has 1 aliphatic heterocycles. The van der Waals surface area contributed by atoms with E-state index in [1.165, 1.54) is 0 Å². The third-order valence-electron chi connectivity index (χ3n) is 4.25. The van der Waals surface area contributed by atoms with Gasteiger partial charge in [0, 0.05) is 16.9 Å². The number of hydrogen-bond donors (Lipinski definition) is 2. The summed E-state index contributed by atoms with van der Waals surface area (Å²) in [7, 11) is 0. The largest absolute Gasteiger partial charge is 0.326 e. The maximum atomic E-state index is 12.2. The number of nitrogens with zero attached hydrogens (tertiary/aromatic N) is 2. The highest BCUT2D eigenvalue weighted by molar-refractivity contribution is 7.14. The van der Waals surface area contributed by atoms with Crippen LogP contribution in [0.4, 0.5) is 16.4 Å². The minimum atomic E-state index is -0.257. The van der Waals surface area contributed by atoms with Crippen LogP contribution in [0.5, 0.6) is 0 Å². The molecule has 3 aromatic rings. The summed E-state index contributed by atoms with van der Waals surface area (Å²) in [6.45, 7) is 0. The Labute approximate surface area is 155 Å². The molecular formula is C20H18N4OS. The first kappa shape index (κ1) is 16.5. The molecule has 2 heterocycles. The van der Waals surface area contributed by atoms with Crippen LogP contribution in [-0.4, -0.2) is 12.2 Å². The van der Waals surface area contributed by atoms with Crippen LogP contribution in [0.2, 0.25) is 0 Å². The van der Waals surface area contributed by atoms with Crippen LogP contribution in [0.1, 0.15) is 17.3 Å². The Hall–Kier alpha value is -2.96. The monoisotopic (exact) mass is 362 g/mol. The Morgan fingerprint density at radius 3 is 2.65 bits per heavy atom. The topological polar surface area (TPSA) is 70.7 Å². The molecule has 0 spiro atoms. The van der Waals surface area contributed by atoms with Crippen molar-refractivity contribution < 1.29 is 4.79 Å². The van der Waals surface area contributed by atoms with Crippen molar-refractivity contribution in [1.29, 1.82) is 0 Å². The van der Waals surface area contributed by atoms with Crippen molar-refractivity contribution in [1.82, 2.24) is 0 Å². The maximum absolute atomic E-state index is 12.2. The molecule has 0 radical (unpaired) electrons. The molecule has 5 nitrogen and oxygen atoms in total. The number of amides is 1. The summed E-state index contributed by atoms with van der Waals surface area (Å²) in [4.78, 5) is 18.5. The molecule has 3 N–H and O–H groups in total. The summed E-state index contributed by atoms with van der Waals surface area (Å²) in [6, 6.07) is 19.3. The zero-order valence-electron chi connectivity index (χ0n) is 14.0. The van der Waals surface area contributed by atoms with Gasteiger partial charge in [0.15, 0.2) is 0 Å². The van der Waals surface area contributed by atoms with E-state index in [0.29, 0.717) is 6.42 Å². The Kier molecular flexibility index (Phi) is 4.51. The van der Waals surface area contributed by atoms with Crippen LogP contribution in [0.15, 0.2) is 71.0 Å².